The molecule has 0 spiro atoms. The fraction of sp³-hybridized carbons (Fsp3) is 0.357. The molecule has 0 aliphatic rings. The van der Waals surface area contributed by atoms with Crippen molar-refractivity contribution in [1.82, 2.24) is 10.2 Å². The number of ether oxygens (including phenoxy) is 2. The third-order valence-corrected chi connectivity index (χ3v) is 4.68. The third-order valence-electron chi connectivity index (χ3n) is 2.78. The number of ketones is 1. The maximum Gasteiger partial charge on any atom is 0.206 e. The average molecular weight is 339 g/mol. The topological polar surface area (TPSA) is 73.3 Å². The quantitative estimate of drug-likeness (QED) is 0.585. The molecular formula is C14H17N3O3S2. The highest BCUT2D eigenvalue weighted by atomic mass is 32.2. The van der Waals surface area contributed by atoms with Crippen LogP contribution in [-0.2, 0) is 0 Å². The molecule has 0 saturated heterocycles. The SMILES string of the molecule is CCSc1nnc(NCC(=O)c2ccc(OC)c(OC)c2)s1. The van der Waals surface area contributed by atoms with Crippen molar-refractivity contribution >= 4 is 34.0 Å². The molecule has 0 unspecified atom stereocenters. The van der Waals surface area contributed by atoms with Crippen LogP contribution in [0, 0.1) is 0 Å². The number of methoxy groups -OCH3 is 2. The average Bonchev–Trinajstić information content (AvgIpc) is 2.99. The Bertz CT molecular complexity index is 646. The Morgan fingerprint density at radius 3 is 2.73 bits per heavy atom. The molecule has 6 nitrogen and oxygen atoms in total. The molecule has 0 fully saturated rings. The lowest BCUT2D eigenvalue weighted by molar-refractivity contribution is 0.101. The number of rotatable bonds is 8. The van der Waals surface area contributed by atoms with Crippen LogP contribution >= 0.6 is 23.1 Å². The van der Waals surface area contributed by atoms with E-state index in [2.05, 4.69) is 22.4 Å². The van der Waals surface area contributed by atoms with Gasteiger partial charge in [0.05, 0.1) is 20.8 Å². The predicted octanol–water partition coefficient (Wildman–Crippen LogP) is 2.96. The van der Waals surface area contributed by atoms with E-state index < -0.39 is 0 Å². The van der Waals surface area contributed by atoms with Crippen LogP contribution in [0.15, 0.2) is 22.5 Å². The Morgan fingerprint density at radius 1 is 1.27 bits per heavy atom. The molecule has 1 N–H and O–H groups in total. The highest BCUT2D eigenvalue weighted by Gasteiger charge is 2.12. The first-order valence-electron chi connectivity index (χ1n) is 6.63. The molecule has 0 atom stereocenters. The lowest BCUT2D eigenvalue weighted by atomic mass is 10.1. The third kappa shape index (κ3) is 4.11. The number of aromatic nitrogens is 2. The smallest absolute Gasteiger partial charge is 0.206 e. The van der Waals surface area contributed by atoms with E-state index in [1.165, 1.54) is 11.3 Å². The number of nitrogens with one attached hydrogen (secondary N) is 1. The molecule has 1 aromatic carbocycles. The predicted molar refractivity (Wildman–Crippen MR) is 88.7 cm³/mol. The van der Waals surface area contributed by atoms with Crippen LogP contribution in [0.5, 0.6) is 11.5 Å². The van der Waals surface area contributed by atoms with Gasteiger partial charge in [-0.25, -0.2) is 0 Å². The van der Waals surface area contributed by atoms with E-state index in [4.69, 9.17) is 9.47 Å². The molecule has 0 aliphatic heterocycles. The van der Waals surface area contributed by atoms with Crippen molar-refractivity contribution in [1.29, 1.82) is 0 Å². The van der Waals surface area contributed by atoms with Gasteiger partial charge in [0.15, 0.2) is 21.6 Å². The van der Waals surface area contributed by atoms with Gasteiger partial charge in [-0.2, -0.15) is 0 Å². The Hall–Kier alpha value is -1.80. The lowest BCUT2D eigenvalue weighted by Crippen LogP contribution is -2.14. The Balaban J connectivity index is 1.99. The molecule has 2 rings (SSSR count). The molecular weight excluding hydrogens is 322 g/mol. The summed E-state index contributed by atoms with van der Waals surface area (Å²) in [6, 6.07) is 5.10. The normalized spacial score (nSPS) is 10.3. The zero-order valence-electron chi connectivity index (χ0n) is 12.6. The largest absolute Gasteiger partial charge is 0.493 e. The number of hydrogen-bond donors (Lipinski definition) is 1. The van der Waals surface area contributed by atoms with Gasteiger partial charge in [-0.15, -0.1) is 10.2 Å². The van der Waals surface area contributed by atoms with Crippen molar-refractivity contribution in [2.45, 2.75) is 11.3 Å². The van der Waals surface area contributed by atoms with Crippen LogP contribution in [0.1, 0.15) is 17.3 Å². The number of Topliss-reactive ketones (excluding diaryl/α,β-unsaturated/α-hetero) is 1. The molecule has 0 amide bonds. The van der Waals surface area contributed by atoms with Gasteiger partial charge < -0.3 is 14.8 Å². The summed E-state index contributed by atoms with van der Waals surface area (Å²) in [7, 11) is 3.10. The van der Waals surface area contributed by atoms with E-state index in [1.54, 1.807) is 44.2 Å². The Labute approximate surface area is 137 Å². The molecule has 0 aliphatic carbocycles. The molecule has 2 aromatic rings. The van der Waals surface area contributed by atoms with E-state index >= 15 is 0 Å². The minimum Gasteiger partial charge on any atom is -0.493 e. The number of benzene rings is 1. The van der Waals surface area contributed by atoms with Gasteiger partial charge in [0.2, 0.25) is 5.13 Å². The first-order chi connectivity index (χ1) is 10.7. The van der Waals surface area contributed by atoms with Crippen LogP contribution in [0.3, 0.4) is 0 Å². The number of nitrogens with zero attached hydrogens (tertiary/aromatic N) is 2. The van der Waals surface area contributed by atoms with Crippen molar-refractivity contribution < 1.29 is 14.3 Å². The molecule has 1 heterocycles. The van der Waals surface area contributed by atoms with Crippen LogP contribution in [0.4, 0.5) is 5.13 Å². The van der Waals surface area contributed by atoms with Crippen LogP contribution in [-0.4, -0.2) is 42.5 Å². The molecule has 0 saturated carbocycles. The second-order valence-electron chi connectivity index (χ2n) is 4.15. The number of carbonyl (C=O) groups is 1. The molecule has 118 valence electrons. The van der Waals surface area contributed by atoms with E-state index in [9.17, 15) is 4.79 Å². The van der Waals surface area contributed by atoms with Gasteiger partial charge >= 0.3 is 0 Å². The van der Waals surface area contributed by atoms with Gasteiger partial charge in [-0.1, -0.05) is 30.0 Å². The zero-order chi connectivity index (χ0) is 15.9. The van der Waals surface area contributed by atoms with Gasteiger partial charge in [0.1, 0.15) is 0 Å². The van der Waals surface area contributed by atoms with E-state index in [0.29, 0.717) is 22.2 Å². The van der Waals surface area contributed by atoms with Crippen molar-refractivity contribution in [2.24, 2.45) is 0 Å². The van der Waals surface area contributed by atoms with Crippen molar-refractivity contribution in [3.63, 3.8) is 0 Å². The van der Waals surface area contributed by atoms with E-state index in [-0.39, 0.29) is 12.3 Å². The summed E-state index contributed by atoms with van der Waals surface area (Å²) in [5, 5.41) is 11.7. The fourth-order valence-corrected chi connectivity index (χ4v) is 3.38. The maximum absolute atomic E-state index is 12.2. The van der Waals surface area contributed by atoms with Gasteiger partial charge in [0, 0.05) is 5.56 Å². The van der Waals surface area contributed by atoms with Crippen molar-refractivity contribution in [2.75, 3.05) is 31.8 Å². The van der Waals surface area contributed by atoms with Gasteiger partial charge in [-0.05, 0) is 24.0 Å². The summed E-state index contributed by atoms with van der Waals surface area (Å²) in [4.78, 5) is 12.2. The molecule has 0 radical (unpaired) electrons. The monoisotopic (exact) mass is 339 g/mol. The number of hydrogen-bond acceptors (Lipinski definition) is 8. The highest BCUT2D eigenvalue weighted by Crippen LogP contribution is 2.28. The van der Waals surface area contributed by atoms with Crippen molar-refractivity contribution in [3.05, 3.63) is 23.8 Å². The molecule has 1 aromatic heterocycles. The standard InChI is InChI=1S/C14H17N3O3S2/c1-4-21-14-17-16-13(22-14)15-8-10(18)9-5-6-11(19-2)12(7-9)20-3/h5-7H,4,8H2,1-3H3,(H,15,16). The Kier molecular flexibility index (Phi) is 6.02. The fourth-order valence-electron chi connectivity index (χ4n) is 1.73. The summed E-state index contributed by atoms with van der Waals surface area (Å²) >= 11 is 3.07. The minimum absolute atomic E-state index is 0.0548. The second kappa shape index (κ2) is 8.00. The lowest BCUT2D eigenvalue weighted by Gasteiger charge is -2.09. The summed E-state index contributed by atoms with van der Waals surface area (Å²) in [5.74, 6) is 2.02. The maximum atomic E-state index is 12.2. The number of carbonyl (C=O) groups excluding carboxylic acids is 1. The summed E-state index contributed by atoms with van der Waals surface area (Å²) in [6.45, 7) is 2.21. The molecule has 8 heteroatoms. The zero-order valence-corrected chi connectivity index (χ0v) is 14.2. The van der Waals surface area contributed by atoms with Crippen LogP contribution in [0.2, 0.25) is 0 Å². The molecule has 0 bridgehead atoms. The summed E-state index contributed by atoms with van der Waals surface area (Å²) < 4.78 is 11.2. The van der Waals surface area contributed by atoms with Crippen molar-refractivity contribution in [3.8, 4) is 11.5 Å². The van der Waals surface area contributed by atoms with Gasteiger partial charge in [0.25, 0.3) is 0 Å². The van der Waals surface area contributed by atoms with Crippen LogP contribution < -0.4 is 14.8 Å². The van der Waals surface area contributed by atoms with E-state index in [0.717, 1.165) is 10.1 Å². The summed E-state index contributed by atoms with van der Waals surface area (Å²) in [5.41, 5.74) is 0.554. The number of thioether (sulfide) groups is 1. The Morgan fingerprint density at radius 2 is 2.05 bits per heavy atom. The number of anilines is 1. The van der Waals surface area contributed by atoms with Gasteiger partial charge in [-0.3, -0.25) is 4.79 Å². The highest BCUT2D eigenvalue weighted by molar-refractivity contribution is 8.01. The first-order valence-corrected chi connectivity index (χ1v) is 8.43. The summed E-state index contributed by atoms with van der Waals surface area (Å²) in [6.07, 6.45) is 0. The van der Waals surface area contributed by atoms with Crippen LogP contribution in [0.25, 0.3) is 0 Å². The first kappa shape index (κ1) is 16.6. The molecule has 22 heavy (non-hydrogen) atoms. The second-order valence-corrected chi connectivity index (χ2v) is 6.64. The minimum atomic E-state index is -0.0548. The van der Waals surface area contributed by atoms with E-state index in [1.807, 2.05) is 0 Å².